The van der Waals surface area contributed by atoms with Crippen LogP contribution in [0.2, 0.25) is 0 Å². The Bertz CT molecular complexity index is 1330. The van der Waals surface area contributed by atoms with Crippen LogP contribution in [0.5, 0.6) is 0 Å². The molecule has 0 bridgehead atoms. The fraction of sp³-hybridized carbons (Fsp3) is 0.333. The van der Waals surface area contributed by atoms with Crippen molar-refractivity contribution in [1.29, 1.82) is 0 Å². The van der Waals surface area contributed by atoms with E-state index >= 15 is 0 Å². The lowest BCUT2D eigenvalue weighted by Crippen LogP contribution is -2.03. The minimum atomic E-state index is 0.393. The quantitative estimate of drug-likeness (QED) is 0.276. The van der Waals surface area contributed by atoms with Gasteiger partial charge in [-0.1, -0.05) is 66.9 Å². The van der Waals surface area contributed by atoms with E-state index in [2.05, 4.69) is 125 Å². The molecule has 0 atom stereocenters. The number of aryl methyl sites for hydroxylation is 9. The van der Waals surface area contributed by atoms with Gasteiger partial charge in [0.2, 0.25) is 0 Å². The van der Waals surface area contributed by atoms with E-state index < -0.39 is 0 Å². The van der Waals surface area contributed by atoms with Crippen molar-refractivity contribution < 1.29 is 0 Å². The molecule has 186 valence electrons. The average molecular weight is 475 g/mol. The molecule has 0 heteroatoms. The number of hydrogen-bond acceptors (Lipinski definition) is 0. The first kappa shape index (κ1) is 26.0. The van der Waals surface area contributed by atoms with Crippen molar-refractivity contribution in [1.82, 2.24) is 0 Å². The molecule has 0 fully saturated rings. The van der Waals surface area contributed by atoms with Gasteiger partial charge in [0.15, 0.2) is 0 Å². The highest BCUT2D eigenvalue weighted by Crippen LogP contribution is 2.45. The number of benzene rings is 4. The number of hydrogen-bond donors (Lipinski definition) is 0. The summed E-state index contributed by atoms with van der Waals surface area (Å²) in [4.78, 5) is 0. The van der Waals surface area contributed by atoms with Crippen LogP contribution in [0.25, 0.3) is 33.4 Å². The molecule has 0 aromatic heterocycles. The average Bonchev–Trinajstić information content (AvgIpc) is 2.71. The minimum Gasteiger partial charge on any atom is -0.0586 e. The minimum absolute atomic E-state index is 0.393. The smallest absolute Gasteiger partial charge is 0.0122 e. The van der Waals surface area contributed by atoms with Gasteiger partial charge in [0.25, 0.3) is 0 Å². The summed E-state index contributed by atoms with van der Waals surface area (Å²) in [6, 6.07) is 19.0. The molecule has 0 nitrogen and oxygen atoms in total. The molecule has 0 spiro atoms. The Kier molecular flexibility index (Phi) is 7.02. The second-order valence-electron chi connectivity index (χ2n) is 11.5. The molecule has 0 aliphatic rings. The fourth-order valence-electron chi connectivity index (χ4n) is 6.68. The molecular formula is C36H42. The summed E-state index contributed by atoms with van der Waals surface area (Å²) in [7, 11) is 0. The van der Waals surface area contributed by atoms with Crippen LogP contribution >= 0.6 is 0 Å². The van der Waals surface area contributed by atoms with E-state index in [0.29, 0.717) is 5.92 Å². The van der Waals surface area contributed by atoms with E-state index in [-0.39, 0.29) is 0 Å². The second-order valence-corrected chi connectivity index (χ2v) is 11.5. The standard InChI is InChI=1S/C36H42/c1-20(2)33-31(35-26(8)14-22(4)15-27(35)9)18-30(34-24(6)12-21(3)13-25(34)7)19-32(33)36-28(10)16-23(5)17-29(36)11/h12-20H,1-11H3. The maximum Gasteiger partial charge on any atom is -0.0122 e. The second kappa shape index (κ2) is 9.74. The molecule has 4 aromatic carbocycles. The van der Waals surface area contributed by atoms with Gasteiger partial charge in [-0.2, -0.15) is 0 Å². The van der Waals surface area contributed by atoms with Crippen LogP contribution in [0.3, 0.4) is 0 Å². The summed E-state index contributed by atoms with van der Waals surface area (Å²) in [6.07, 6.45) is 0. The van der Waals surface area contributed by atoms with Gasteiger partial charge in [-0.25, -0.2) is 0 Å². The lowest BCUT2D eigenvalue weighted by atomic mass is 9.78. The van der Waals surface area contributed by atoms with Gasteiger partial charge in [-0.15, -0.1) is 0 Å². The molecule has 0 saturated heterocycles. The Morgan fingerprint density at radius 3 is 0.944 bits per heavy atom. The van der Waals surface area contributed by atoms with Crippen LogP contribution in [-0.2, 0) is 0 Å². The molecule has 0 unspecified atom stereocenters. The normalized spacial score (nSPS) is 11.4. The highest BCUT2D eigenvalue weighted by atomic mass is 14.3. The Hall–Kier alpha value is -3.12. The van der Waals surface area contributed by atoms with Crippen LogP contribution in [0.1, 0.15) is 75.4 Å². The lowest BCUT2D eigenvalue weighted by molar-refractivity contribution is 0.870. The molecule has 4 rings (SSSR count). The maximum atomic E-state index is 2.48. The monoisotopic (exact) mass is 474 g/mol. The van der Waals surface area contributed by atoms with Crippen molar-refractivity contribution in [3.05, 3.63) is 104 Å². The van der Waals surface area contributed by atoms with Crippen LogP contribution in [0, 0.1) is 62.3 Å². The zero-order valence-corrected chi connectivity index (χ0v) is 24.2. The van der Waals surface area contributed by atoms with Crippen molar-refractivity contribution >= 4 is 0 Å². The first-order valence-electron chi connectivity index (χ1n) is 13.3. The van der Waals surface area contributed by atoms with Gasteiger partial charge in [0.05, 0.1) is 0 Å². The molecule has 0 saturated carbocycles. The summed E-state index contributed by atoms with van der Waals surface area (Å²) < 4.78 is 0. The van der Waals surface area contributed by atoms with E-state index in [1.54, 1.807) is 0 Å². The fourth-order valence-corrected chi connectivity index (χ4v) is 6.68. The third-order valence-electron chi connectivity index (χ3n) is 7.62. The topological polar surface area (TPSA) is 0 Å². The summed E-state index contributed by atoms with van der Waals surface area (Å²) in [5.41, 5.74) is 21.7. The molecule has 0 amide bonds. The molecule has 0 radical (unpaired) electrons. The maximum absolute atomic E-state index is 2.48. The van der Waals surface area contributed by atoms with Crippen molar-refractivity contribution in [2.45, 2.75) is 82.1 Å². The van der Waals surface area contributed by atoms with E-state index in [1.807, 2.05) is 0 Å². The van der Waals surface area contributed by atoms with Gasteiger partial charge < -0.3 is 0 Å². The van der Waals surface area contributed by atoms with Crippen LogP contribution in [-0.4, -0.2) is 0 Å². The molecule has 0 aliphatic heterocycles. The summed E-state index contributed by atoms with van der Waals surface area (Å²) in [5.74, 6) is 0.393. The summed E-state index contributed by atoms with van der Waals surface area (Å²) >= 11 is 0. The Morgan fingerprint density at radius 2 is 0.667 bits per heavy atom. The van der Waals surface area contributed by atoms with Crippen LogP contribution < -0.4 is 0 Å². The number of rotatable bonds is 4. The zero-order chi connectivity index (χ0) is 26.5. The van der Waals surface area contributed by atoms with E-state index in [0.717, 1.165) is 0 Å². The van der Waals surface area contributed by atoms with Gasteiger partial charge in [-0.05, 0) is 153 Å². The third kappa shape index (κ3) is 4.66. The predicted molar refractivity (Wildman–Crippen MR) is 159 cm³/mol. The SMILES string of the molecule is Cc1cc(C)c(-c2cc(-c3c(C)cc(C)cc3C)c(C(C)C)c(-c3c(C)cc(C)cc3C)c2)c(C)c1. The summed E-state index contributed by atoms with van der Waals surface area (Å²) in [6.45, 7) is 24.9. The van der Waals surface area contributed by atoms with Crippen molar-refractivity contribution in [3.63, 3.8) is 0 Å². The van der Waals surface area contributed by atoms with E-state index in [1.165, 1.54) is 89.0 Å². The third-order valence-corrected chi connectivity index (χ3v) is 7.62. The first-order chi connectivity index (χ1) is 16.9. The molecule has 0 aliphatic carbocycles. The van der Waals surface area contributed by atoms with Crippen molar-refractivity contribution in [3.8, 4) is 33.4 Å². The van der Waals surface area contributed by atoms with Crippen molar-refractivity contribution in [2.24, 2.45) is 0 Å². The molecule has 36 heavy (non-hydrogen) atoms. The Balaban J connectivity index is 2.22. The van der Waals surface area contributed by atoms with Crippen LogP contribution in [0.4, 0.5) is 0 Å². The Labute approximate surface area is 219 Å². The van der Waals surface area contributed by atoms with E-state index in [4.69, 9.17) is 0 Å². The highest BCUT2D eigenvalue weighted by molar-refractivity contribution is 5.90. The van der Waals surface area contributed by atoms with Gasteiger partial charge in [0.1, 0.15) is 0 Å². The Morgan fingerprint density at radius 1 is 0.389 bits per heavy atom. The van der Waals surface area contributed by atoms with Crippen LogP contribution in [0.15, 0.2) is 48.5 Å². The van der Waals surface area contributed by atoms with Gasteiger partial charge >= 0.3 is 0 Å². The van der Waals surface area contributed by atoms with Gasteiger partial charge in [0, 0.05) is 0 Å². The molecular weight excluding hydrogens is 432 g/mol. The molecule has 4 aromatic rings. The molecule has 0 N–H and O–H groups in total. The van der Waals surface area contributed by atoms with Gasteiger partial charge in [-0.3, -0.25) is 0 Å². The lowest BCUT2D eigenvalue weighted by Gasteiger charge is -2.26. The zero-order valence-electron chi connectivity index (χ0n) is 24.2. The largest absolute Gasteiger partial charge is 0.0586 e. The highest BCUT2D eigenvalue weighted by Gasteiger charge is 2.23. The predicted octanol–water partition coefficient (Wildman–Crippen LogP) is 10.6. The van der Waals surface area contributed by atoms with E-state index in [9.17, 15) is 0 Å². The summed E-state index contributed by atoms with van der Waals surface area (Å²) in [5, 5.41) is 0. The first-order valence-corrected chi connectivity index (χ1v) is 13.3. The van der Waals surface area contributed by atoms with Crippen molar-refractivity contribution in [2.75, 3.05) is 0 Å². The molecule has 0 heterocycles.